The molecule has 0 saturated heterocycles. The second-order valence-corrected chi connectivity index (χ2v) is 4.76. The van der Waals surface area contributed by atoms with E-state index in [1.807, 2.05) is 30.5 Å². The lowest BCUT2D eigenvalue weighted by atomic mass is 10.0. The van der Waals surface area contributed by atoms with Gasteiger partial charge in [-0.25, -0.2) is 9.78 Å². The minimum absolute atomic E-state index is 0.367. The Balaban J connectivity index is 2.59. The molecule has 1 heterocycles. The molecule has 5 heteroatoms. The molecule has 0 radical (unpaired) electrons. The van der Waals surface area contributed by atoms with Crippen LogP contribution in [0.25, 0.3) is 11.1 Å². The molecule has 104 valence electrons. The van der Waals surface area contributed by atoms with Crippen molar-refractivity contribution in [2.24, 2.45) is 0 Å². The lowest BCUT2D eigenvalue weighted by molar-refractivity contribution is 0.0601. The molecule has 0 unspecified atom stereocenters. The average molecular weight is 289 g/mol. The molecule has 1 aromatic carbocycles. The van der Waals surface area contributed by atoms with Crippen LogP contribution in [0.4, 0.5) is 0 Å². The highest BCUT2D eigenvalue weighted by atomic mass is 32.2. The fourth-order valence-corrected chi connectivity index (χ4v) is 2.51. The number of thioether (sulfide) groups is 1. The van der Waals surface area contributed by atoms with Crippen molar-refractivity contribution in [1.82, 2.24) is 4.98 Å². The van der Waals surface area contributed by atoms with Gasteiger partial charge in [-0.3, -0.25) is 0 Å². The average Bonchev–Trinajstić information content (AvgIpc) is 2.53. The molecule has 0 bridgehead atoms. The third-order valence-electron chi connectivity index (χ3n) is 2.89. The second-order valence-electron chi connectivity index (χ2n) is 3.96. The van der Waals surface area contributed by atoms with Gasteiger partial charge in [0.2, 0.25) is 0 Å². The fourth-order valence-electron chi connectivity index (χ4n) is 1.91. The molecule has 0 aliphatic carbocycles. The van der Waals surface area contributed by atoms with E-state index in [0.717, 1.165) is 21.9 Å². The van der Waals surface area contributed by atoms with E-state index in [-0.39, 0.29) is 5.97 Å². The Morgan fingerprint density at radius 1 is 1.15 bits per heavy atom. The molecule has 0 amide bonds. The first-order valence-electron chi connectivity index (χ1n) is 5.97. The molecule has 0 saturated carbocycles. The van der Waals surface area contributed by atoms with Crippen LogP contribution in [0.3, 0.4) is 0 Å². The summed E-state index contributed by atoms with van der Waals surface area (Å²) in [6.07, 6.45) is 3.54. The Hall–Kier alpha value is -2.01. The number of hydrogen-bond donors (Lipinski definition) is 0. The summed E-state index contributed by atoms with van der Waals surface area (Å²) in [5, 5.41) is 0.790. The predicted octanol–water partition coefficient (Wildman–Crippen LogP) is 3.27. The van der Waals surface area contributed by atoms with Crippen molar-refractivity contribution in [2.45, 2.75) is 5.03 Å². The summed E-state index contributed by atoms with van der Waals surface area (Å²) < 4.78 is 9.99. The van der Waals surface area contributed by atoms with Gasteiger partial charge < -0.3 is 9.47 Å². The number of carbonyl (C=O) groups excluding carboxylic acids is 1. The number of aromatic nitrogens is 1. The van der Waals surface area contributed by atoms with Crippen molar-refractivity contribution in [3.8, 4) is 16.9 Å². The number of benzene rings is 1. The van der Waals surface area contributed by atoms with Crippen molar-refractivity contribution in [1.29, 1.82) is 0 Å². The highest BCUT2D eigenvalue weighted by molar-refractivity contribution is 7.98. The maximum absolute atomic E-state index is 11.9. The van der Waals surface area contributed by atoms with Crippen LogP contribution < -0.4 is 4.74 Å². The van der Waals surface area contributed by atoms with Gasteiger partial charge in [0.1, 0.15) is 10.8 Å². The fraction of sp³-hybridized carbons (Fsp3) is 0.200. The summed E-state index contributed by atoms with van der Waals surface area (Å²) in [5.74, 6) is 0.400. The summed E-state index contributed by atoms with van der Waals surface area (Å²) in [6.45, 7) is 0. The molecule has 0 N–H and O–H groups in total. The van der Waals surface area contributed by atoms with Crippen LogP contribution in [-0.2, 0) is 4.74 Å². The first-order valence-corrected chi connectivity index (χ1v) is 7.19. The number of rotatable bonds is 4. The maximum atomic E-state index is 11.9. The Morgan fingerprint density at radius 2 is 1.85 bits per heavy atom. The number of hydrogen-bond acceptors (Lipinski definition) is 5. The zero-order valence-electron chi connectivity index (χ0n) is 11.5. The molecular formula is C15H15NO3S. The maximum Gasteiger partial charge on any atom is 0.338 e. The number of ether oxygens (including phenoxy) is 2. The monoisotopic (exact) mass is 289 g/mol. The summed E-state index contributed by atoms with van der Waals surface area (Å²) >= 11 is 1.49. The quantitative estimate of drug-likeness (QED) is 0.638. The second kappa shape index (κ2) is 6.43. The third-order valence-corrected chi connectivity index (χ3v) is 3.59. The zero-order chi connectivity index (χ0) is 14.5. The minimum Gasteiger partial charge on any atom is -0.497 e. The standard InChI is InChI=1S/C15H15NO3S/c1-18-11-6-4-10(5-7-11)13-12(15(17)19-2)8-9-16-14(13)20-3/h4-9H,1-3H3. The number of carbonyl (C=O) groups is 1. The molecule has 0 fully saturated rings. The Morgan fingerprint density at radius 3 is 2.40 bits per heavy atom. The van der Waals surface area contributed by atoms with Gasteiger partial charge in [-0.2, -0.15) is 0 Å². The van der Waals surface area contributed by atoms with Crippen LogP contribution in [0.15, 0.2) is 41.6 Å². The van der Waals surface area contributed by atoms with E-state index in [1.54, 1.807) is 19.4 Å². The van der Waals surface area contributed by atoms with Crippen molar-refractivity contribution in [2.75, 3.05) is 20.5 Å². The highest BCUT2D eigenvalue weighted by Crippen LogP contribution is 2.33. The van der Waals surface area contributed by atoms with Gasteiger partial charge in [-0.05, 0) is 30.0 Å². The van der Waals surface area contributed by atoms with Gasteiger partial charge in [-0.1, -0.05) is 12.1 Å². The SMILES string of the molecule is COC(=O)c1ccnc(SC)c1-c1ccc(OC)cc1. The molecule has 0 atom stereocenters. The van der Waals surface area contributed by atoms with E-state index in [9.17, 15) is 4.79 Å². The van der Waals surface area contributed by atoms with Gasteiger partial charge in [0.25, 0.3) is 0 Å². The van der Waals surface area contributed by atoms with Gasteiger partial charge in [0.05, 0.1) is 19.8 Å². The largest absolute Gasteiger partial charge is 0.497 e. The van der Waals surface area contributed by atoms with Crippen LogP contribution in [0.2, 0.25) is 0 Å². The van der Waals surface area contributed by atoms with Gasteiger partial charge in [0, 0.05) is 11.8 Å². The normalized spacial score (nSPS) is 10.2. The zero-order valence-corrected chi connectivity index (χ0v) is 12.4. The molecule has 0 aliphatic heterocycles. The van der Waals surface area contributed by atoms with Crippen molar-refractivity contribution in [3.63, 3.8) is 0 Å². The van der Waals surface area contributed by atoms with Crippen molar-refractivity contribution in [3.05, 3.63) is 42.1 Å². The predicted molar refractivity (Wildman–Crippen MR) is 79.3 cm³/mol. The lowest BCUT2D eigenvalue weighted by Gasteiger charge is -2.12. The first kappa shape index (κ1) is 14.4. The Labute approximate surface area is 122 Å². The van der Waals surface area contributed by atoms with Gasteiger partial charge in [0.15, 0.2) is 0 Å². The first-order chi connectivity index (χ1) is 9.71. The van der Waals surface area contributed by atoms with Crippen LogP contribution >= 0.6 is 11.8 Å². The summed E-state index contributed by atoms with van der Waals surface area (Å²) in [5.41, 5.74) is 2.20. The molecule has 2 rings (SSSR count). The van der Waals surface area contributed by atoms with Crippen LogP contribution in [0.1, 0.15) is 10.4 Å². The molecule has 20 heavy (non-hydrogen) atoms. The molecule has 2 aromatic rings. The van der Waals surface area contributed by atoms with E-state index >= 15 is 0 Å². The number of pyridine rings is 1. The third kappa shape index (κ3) is 2.77. The summed E-state index contributed by atoms with van der Waals surface area (Å²) in [6, 6.07) is 9.19. The van der Waals surface area contributed by atoms with Crippen LogP contribution in [0.5, 0.6) is 5.75 Å². The number of methoxy groups -OCH3 is 2. The molecular weight excluding hydrogens is 274 g/mol. The van der Waals surface area contributed by atoms with E-state index < -0.39 is 0 Å². The topological polar surface area (TPSA) is 48.4 Å². The van der Waals surface area contributed by atoms with E-state index in [0.29, 0.717) is 5.56 Å². The molecule has 0 spiro atoms. The molecule has 0 aliphatic rings. The Kier molecular flexibility index (Phi) is 4.63. The van der Waals surface area contributed by atoms with E-state index in [2.05, 4.69) is 4.98 Å². The lowest BCUT2D eigenvalue weighted by Crippen LogP contribution is -2.05. The summed E-state index contributed by atoms with van der Waals surface area (Å²) in [4.78, 5) is 16.2. The van der Waals surface area contributed by atoms with Crippen LogP contribution in [-0.4, -0.2) is 31.4 Å². The smallest absolute Gasteiger partial charge is 0.338 e. The minimum atomic E-state index is -0.367. The van der Waals surface area contributed by atoms with Gasteiger partial charge >= 0.3 is 5.97 Å². The highest BCUT2D eigenvalue weighted by Gasteiger charge is 2.17. The Bertz CT molecular complexity index is 611. The molecule has 4 nitrogen and oxygen atoms in total. The summed E-state index contributed by atoms with van der Waals surface area (Å²) in [7, 11) is 2.99. The van der Waals surface area contributed by atoms with E-state index in [4.69, 9.17) is 9.47 Å². The van der Waals surface area contributed by atoms with E-state index in [1.165, 1.54) is 18.9 Å². The van der Waals surface area contributed by atoms with Gasteiger partial charge in [-0.15, -0.1) is 11.8 Å². The van der Waals surface area contributed by atoms with Crippen molar-refractivity contribution < 1.29 is 14.3 Å². The van der Waals surface area contributed by atoms with Crippen molar-refractivity contribution >= 4 is 17.7 Å². The van der Waals surface area contributed by atoms with Crippen LogP contribution in [0, 0.1) is 0 Å². The molecule has 1 aromatic heterocycles. The number of esters is 1. The number of nitrogens with zero attached hydrogens (tertiary/aromatic N) is 1.